The Morgan fingerprint density at radius 1 is 1.15 bits per heavy atom. The van der Waals surface area contributed by atoms with Crippen molar-refractivity contribution >= 4 is 40.1 Å². The second-order valence-corrected chi connectivity index (χ2v) is 6.69. The summed E-state index contributed by atoms with van der Waals surface area (Å²) < 4.78 is 6.66. The van der Waals surface area contributed by atoms with Gasteiger partial charge in [0.2, 0.25) is 0 Å². The summed E-state index contributed by atoms with van der Waals surface area (Å²) in [6.45, 7) is -0.305. The zero-order valence-corrected chi connectivity index (χ0v) is 15.7. The van der Waals surface area contributed by atoms with Crippen LogP contribution in [0.1, 0.15) is 11.1 Å². The second kappa shape index (κ2) is 7.50. The van der Waals surface area contributed by atoms with Gasteiger partial charge in [-0.15, -0.1) is 0 Å². The SMILES string of the molecule is COc1ccc2c(c1)c(=O)c(Cc1ccc(O)c(Cl)c1Cl)cn2CC(=O)O. The van der Waals surface area contributed by atoms with Crippen molar-refractivity contribution in [1.29, 1.82) is 0 Å². The smallest absolute Gasteiger partial charge is 0.323 e. The van der Waals surface area contributed by atoms with Crippen LogP contribution in [0.2, 0.25) is 10.0 Å². The molecule has 27 heavy (non-hydrogen) atoms. The number of carboxylic acid groups (broad SMARTS) is 1. The number of fused-ring (bicyclic) bond motifs is 1. The van der Waals surface area contributed by atoms with Crippen molar-refractivity contribution in [3.63, 3.8) is 0 Å². The number of phenolic OH excluding ortho intramolecular Hbond substituents is 1. The number of halogens is 2. The molecule has 0 bridgehead atoms. The normalized spacial score (nSPS) is 10.9. The first kappa shape index (κ1) is 19.1. The van der Waals surface area contributed by atoms with Gasteiger partial charge in [0, 0.05) is 23.6 Å². The molecule has 0 aliphatic carbocycles. The Balaban J connectivity index is 2.20. The first-order valence-electron chi connectivity index (χ1n) is 7.89. The van der Waals surface area contributed by atoms with Crippen LogP contribution in [0.15, 0.2) is 41.3 Å². The maximum absolute atomic E-state index is 13.0. The number of aliphatic carboxylic acids is 1. The minimum absolute atomic E-state index is 0.00230. The maximum Gasteiger partial charge on any atom is 0.323 e. The third-order valence-corrected chi connectivity index (χ3v) is 5.10. The van der Waals surface area contributed by atoms with Crippen molar-refractivity contribution < 1.29 is 19.7 Å². The van der Waals surface area contributed by atoms with Crippen LogP contribution in [0.4, 0.5) is 0 Å². The van der Waals surface area contributed by atoms with Crippen LogP contribution in [0, 0.1) is 0 Å². The van der Waals surface area contributed by atoms with Crippen molar-refractivity contribution in [2.45, 2.75) is 13.0 Å². The van der Waals surface area contributed by atoms with Gasteiger partial charge in [-0.3, -0.25) is 9.59 Å². The molecule has 2 aromatic carbocycles. The van der Waals surface area contributed by atoms with Gasteiger partial charge in [-0.05, 0) is 29.8 Å². The molecule has 1 heterocycles. The van der Waals surface area contributed by atoms with Gasteiger partial charge in [-0.1, -0.05) is 29.3 Å². The Morgan fingerprint density at radius 3 is 2.56 bits per heavy atom. The Morgan fingerprint density at radius 2 is 1.89 bits per heavy atom. The summed E-state index contributed by atoms with van der Waals surface area (Å²) in [7, 11) is 1.49. The predicted molar refractivity (Wildman–Crippen MR) is 103 cm³/mol. The largest absolute Gasteiger partial charge is 0.506 e. The molecule has 1 aromatic heterocycles. The van der Waals surface area contributed by atoms with Gasteiger partial charge >= 0.3 is 5.97 Å². The standard InChI is InChI=1S/C19H15Cl2NO5/c1-27-12-3-4-14-13(7-12)19(26)11(8-22(14)9-16(24)25)6-10-2-5-15(23)18(21)17(10)20/h2-5,7-8,23H,6,9H2,1H3,(H,24,25). The molecule has 0 unspecified atom stereocenters. The molecule has 0 fully saturated rings. The number of aromatic hydroxyl groups is 1. The lowest BCUT2D eigenvalue weighted by molar-refractivity contribution is -0.137. The average Bonchev–Trinajstić information content (AvgIpc) is 2.64. The number of pyridine rings is 1. The maximum atomic E-state index is 13.0. The molecule has 0 aliphatic heterocycles. The van der Waals surface area contributed by atoms with Crippen molar-refractivity contribution in [1.82, 2.24) is 4.57 Å². The molecule has 0 atom stereocenters. The van der Waals surface area contributed by atoms with Gasteiger partial charge < -0.3 is 19.5 Å². The van der Waals surface area contributed by atoms with E-state index in [4.69, 9.17) is 27.9 Å². The highest BCUT2D eigenvalue weighted by Gasteiger charge is 2.15. The second-order valence-electron chi connectivity index (χ2n) is 5.94. The molecular weight excluding hydrogens is 393 g/mol. The minimum atomic E-state index is -1.03. The minimum Gasteiger partial charge on any atom is -0.506 e. The lowest BCUT2D eigenvalue weighted by Crippen LogP contribution is -2.18. The lowest BCUT2D eigenvalue weighted by Gasteiger charge is -2.13. The number of benzene rings is 2. The molecule has 0 spiro atoms. The summed E-state index contributed by atoms with van der Waals surface area (Å²) in [5.41, 5.74) is 1.12. The van der Waals surface area contributed by atoms with Gasteiger partial charge in [0.05, 0.1) is 17.6 Å². The van der Waals surface area contributed by atoms with Gasteiger partial charge in [-0.2, -0.15) is 0 Å². The molecule has 0 saturated carbocycles. The van der Waals surface area contributed by atoms with E-state index < -0.39 is 5.97 Å². The fourth-order valence-electron chi connectivity index (χ4n) is 2.89. The molecule has 3 aromatic rings. The van der Waals surface area contributed by atoms with E-state index >= 15 is 0 Å². The quantitative estimate of drug-likeness (QED) is 0.672. The number of carboxylic acids is 1. The molecular formula is C19H15Cl2NO5. The Hall–Kier alpha value is -2.70. The lowest BCUT2D eigenvalue weighted by atomic mass is 10.0. The van der Waals surface area contributed by atoms with Crippen molar-refractivity contribution in [3.8, 4) is 11.5 Å². The first-order chi connectivity index (χ1) is 12.8. The van der Waals surface area contributed by atoms with E-state index in [9.17, 15) is 19.8 Å². The number of phenols is 1. The fourth-order valence-corrected chi connectivity index (χ4v) is 3.30. The van der Waals surface area contributed by atoms with E-state index in [1.807, 2.05) is 0 Å². The summed E-state index contributed by atoms with van der Waals surface area (Å²) in [6, 6.07) is 7.84. The number of rotatable bonds is 5. The molecule has 0 aliphatic rings. The number of carbonyl (C=O) groups is 1. The molecule has 3 rings (SSSR count). The molecule has 140 valence electrons. The molecule has 6 nitrogen and oxygen atoms in total. The highest BCUT2D eigenvalue weighted by molar-refractivity contribution is 6.43. The number of hydrogen-bond donors (Lipinski definition) is 2. The van der Waals surface area contributed by atoms with Crippen molar-refractivity contribution in [3.05, 3.63) is 67.9 Å². The Bertz CT molecular complexity index is 1110. The monoisotopic (exact) mass is 407 g/mol. The number of ether oxygens (including phenoxy) is 1. The molecule has 0 saturated heterocycles. The van der Waals surface area contributed by atoms with Crippen molar-refractivity contribution in [2.24, 2.45) is 0 Å². The van der Waals surface area contributed by atoms with Crippen LogP contribution >= 0.6 is 23.2 Å². The molecule has 0 radical (unpaired) electrons. The van der Waals surface area contributed by atoms with Crippen LogP contribution in [0.5, 0.6) is 11.5 Å². The van der Waals surface area contributed by atoms with Crippen LogP contribution in [0.3, 0.4) is 0 Å². The van der Waals surface area contributed by atoms with Crippen LogP contribution in [-0.2, 0) is 17.8 Å². The summed E-state index contributed by atoms with van der Waals surface area (Å²) >= 11 is 12.1. The number of aromatic nitrogens is 1. The van der Waals surface area contributed by atoms with Crippen LogP contribution < -0.4 is 10.2 Å². The fraction of sp³-hybridized carbons (Fsp3) is 0.158. The van der Waals surface area contributed by atoms with Crippen LogP contribution in [-0.4, -0.2) is 27.9 Å². The highest BCUT2D eigenvalue weighted by atomic mass is 35.5. The summed E-state index contributed by atoms with van der Waals surface area (Å²) in [5, 5.41) is 19.3. The van der Waals surface area contributed by atoms with E-state index in [1.54, 1.807) is 24.3 Å². The zero-order valence-electron chi connectivity index (χ0n) is 14.2. The average molecular weight is 408 g/mol. The van der Waals surface area contributed by atoms with E-state index in [1.165, 1.54) is 23.9 Å². The third-order valence-electron chi connectivity index (χ3n) is 4.19. The topological polar surface area (TPSA) is 88.8 Å². The van der Waals surface area contributed by atoms with Gasteiger partial charge in [0.25, 0.3) is 0 Å². The summed E-state index contributed by atoms with van der Waals surface area (Å²) in [5.74, 6) is -0.700. The summed E-state index contributed by atoms with van der Waals surface area (Å²) in [6.07, 6.45) is 1.63. The molecule has 8 heteroatoms. The van der Waals surface area contributed by atoms with Crippen LogP contribution in [0.25, 0.3) is 10.9 Å². The number of methoxy groups -OCH3 is 1. The molecule has 0 amide bonds. The number of hydrogen-bond acceptors (Lipinski definition) is 4. The van der Waals surface area contributed by atoms with E-state index in [0.29, 0.717) is 27.8 Å². The van der Waals surface area contributed by atoms with Gasteiger partial charge in [0.1, 0.15) is 23.1 Å². The zero-order chi connectivity index (χ0) is 19.7. The first-order valence-corrected chi connectivity index (χ1v) is 8.65. The van der Waals surface area contributed by atoms with Crippen molar-refractivity contribution in [2.75, 3.05) is 7.11 Å². The molecule has 2 N–H and O–H groups in total. The Kier molecular flexibility index (Phi) is 5.30. The number of nitrogens with zero attached hydrogens (tertiary/aromatic N) is 1. The summed E-state index contributed by atoms with van der Waals surface area (Å²) in [4.78, 5) is 24.2. The van der Waals surface area contributed by atoms with E-state index in [-0.39, 0.29) is 34.2 Å². The van der Waals surface area contributed by atoms with Gasteiger partial charge in [0.15, 0.2) is 5.43 Å². The third kappa shape index (κ3) is 3.72. The van der Waals surface area contributed by atoms with E-state index in [0.717, 1.165) is 0 Å². The Labute approximate surface area is 164 Å². The van der Waals surface area contributed by atoms with Gasteiger partial charge in [-0.25, -0.2) is 0 Å². The highest BCUT2D eigenvalue weighted by Crippen LogP contribution is 2.34. The predicted octanol–water partition coefficient (Wildman–Crippen LogP) is 3.70. The van der Waals surface area contributed by atoms with E-state index in [2.05, 4.69) is 0 Å².